The number of nitrogens with zero attached hydrogens (tertiary/aromatic N) is 2. The van der Waals surface area contributed by atoms with Gasteiger partial charge in [0.15, 0.2) is 10.1 Å². The highest BCUT2D eigenvalue weighted by atomic mass is 35.5. The Kier molecular flexibility index (Phi) is 6.82. The molecule has 4 nitrogen and oxygen atoms in total. The van der Waals surface area contributed by atoms with Crippen LogP contribution in [0, 0.1) is 0 Å². The lowest BCUT2D eigenvalue weighted by atomic mass is 10.1. The number of hydrogen-bond donors (Lipinski definition) is 1. The molecule has 1 aromatic heterocycles. The van der Waals surface area contributed by atoms with Crippen molar-refractivity contribution in [2.45, 2.75) is 4.34 Å². The van der Waals surface area contributed by atoms with Gasteiger partial charge in [0.05, 0.1) is 6.54 Å². The summed E-state index contributed by atoms with van der Waals surface area (Å²) in [6, 6.07) is 17.0. The largest absolute Gasteiger partial charge is 0.353 e. The van der Waals surface area contributed by atoms with Gasteiger partial charge in [0.2, 0.25) is 5.13 Å². The van der Waals surface area contributed by atoms with E-state index >= 15 is 0 Å². The molecule has 0 aliphatic heterocycles. The zero-order valence-corrected chi connectivity index (χ0v) is 16.2. The molecule has 3 rings (SSSR count). The van der Waals surface area contributed by atoms with Gasteiger partial charge in [0.1, 0.15) is 0 Å². The standard InChI is InChI=1S/C19H16ClN3OS2/c20-16-10-8-15(9-11-16)17(24)13-21-18-22-23-19(26-18)25-12-4-7-14-5-2-1-3-6-14/h1-11H,12-13H2,(H,21,22)/b7-4+. The highest BCUT2D eigenvalue weighted by molar-refractivity contribution is 8.01. The van der Waals surface area contributed by atoms with Gasteiger partial charge < -0.3 is 5.32 Å². The molecule has 0 saturated heterocycles. The summed E-state index contributed by atoms with van der Waals surface area (Å²) in [6.07, 6.45) is 4.18. The Morgan fingerprint density at radius 3 is 2.65 bits per heavy atom. The van der Waals surface area contributed by atoms with Gasteiger partial charge in [-0.3, -0.25) is 4.79 Å². The number of aromatic nitrogens is 2. The van der Waals surface area contributed by atoms with Crippen LogP contribution in [0.5, 0.6) is 0 Å². The second kappa shape index (κ2) is 9.52. The molecule has 3 aromatic rings. The highest BCUT2D eigenvalue weighted by Crippen LogP contribution is 2.25. The van der Waals surface area contributed by atoms with E-state index < -0.39 is 0 Å². The van der Waals surface area contributed by atoms with Crippen LogP contribution in [0.3, 0.4) is 0 Å². The van der Waals surface area contributed by atoms with E-state index in [1.807, 2.05) is 18.2 Å². The van der Waals surface area contributed by atoms with E-state index in [0.717, 1.165) is 10.1 Å². The predicted molar refractivity (Wildman–Crippen MR) is 110 cm³/mol. The van der Waals surface area contributed by atoms with Gasteiger partial charge in [-0.25, -0.2) is 0 Å². The van der Waals surface area contributed by atoms with Crippen LogP contribution in [0.15, 0.2) is 65.0 Å². The molecule has 1 N–H and O–H groups in total. The number of nitrogens with one attached hydrogen (secondary N) is 1. The molecule has 0 aliphatic rings. The summed E-state index contributed by atoms with van der Waals surface area (Å²) >= 11 is 8.88. The number of Topliss-reactive ketones (excluding diaryl/α,β-unsaturated/α-hetero) is 1. The molecule has 0 bridgehead atoms. The maximum atomic E-state index is 12.1. The van der Waals surface area contributed by atoms with Gasteiger partial charge in [0.25, 0.3) is 0 Å². The van der Waals surface area contributed by atoms with Gasteiger partial charge in [-0.1, -0.05) is 77.2 Å². The molecule has 0 amide bonds. The number of anilines is 1. The van der Waals surface area contributed by atoms with E-state index in [9.17, 15) is 4.79 Å². The Hall–Kier alpha value is -2.15. The minimum absolute atomic E-state index is 0.0168. The van der Waals surface area contributed by atoms with Crippen molar-refractivity contribution in [2.24, 2.45) is 0 Å². The molecule has 132 valence electrons. The third kappa shape index (κ3) is 5.69. The quantitative estimate of drug-likeness (QED) is 0.410. The number of carbonyl (C=O) groups excluding carboxylic acids is 1. The van der Waals surface area contributed by atoms with Crippen LogP contribution in [0.2, 0.25) is 5.02 Å². The fraction of sp³-hybridized carbons (Fsp3) is 0.105. The SMILES string of the molecule is O=C(CNc1nnc(SC/C=C/c2ccccc2)s1)c1ccc(Cl)cc1. The van der Waals surface area contributed by atoms with Crippen LogP contribution in [-0.4, -0.2) is 28.3 Å². The van der Waals surface area contributed by atoms with Gasteiger partial charge in [-0.05, 0) is 29.8 Å². The molecule has 0 fully saturated rings. The maximum Gasteiger partial charge on any atom is 0.206 e. The topological polar surface area (TPSA) is 54.9 Å². The lowest BCUT2D eigenvalue weighted by molar-refractivity contribution is 0.101. The van der Waals surface area contributed by atoms with Crippen LogP contribution in [0.1, 0.15) is 15.9 Å². The van der Waals surface area contributed by atoms with Crippen molar-refractivity contribution in [2.75, 3.05) is 17.6 Å². The first-order valence-electron chi connectivity index (χ1n) is 7.91. The number of ketones is 1. The van der Waals surface area contributed by atoms with Gasteiger partial charge >= 0.3 is 0 Å². The van der Waals surface area contributed by atoms with Gasteiger partial charge in [-0.2, -0.15) is 0 Å². The molecule has 0 unspecified atom stereocenters. The second-order valence-corrected chi connectivity index (χ2v) is 7.96. The fourth-order valence-electron chi connectivity index (χ4n) is 2.10. The molecule has 2 aromatic carbocycles. The van der Waals surface area contributed by atoms with Crippen molar-refractivity contribution in [3.63, 3.8) is 0 Å². The van der Waals surface area contributed by atoms with Crippen molar-refractivity contribution in [3.05, 3.63) is 76.8 Å². The first kappa shape index (κ1) is 18.6. The zero-order valence-electron chi connectivity index (χ0n) is 13.8. The first-order chi connectivity index (χ1) is 12.7. The van der Waals surface area contributed by atoms with Crippen molar-refractivity contribution in [1.29, 1.82) is 0 Å². The normalized spacial score (nSPS) is 11.0. The Balaban J connectivity index is 1.45. The van der Waals surface area contributed by atoms with Crippen molar-refractivity contribution in [1.82, 2.24) is 10.2 Å². The molecule has 0 saturated carbocycles. The molecule has 0 atom stereocenters. The summed E-state index contributed by atoms with van der Waals surface area (Å²) in [6.45, 7) is 0.175. The lowest BCUT2D eigenvalue weighted by Gasteiger charge is -2.01. The summed E-state index contributed by atoms with van der Waals surface area (Å²) in [5.41, 5.74) is 1.79. The fourth-order valence-corrected chi connectivity index (χ4v) is 3.81. The van der Waals surface area contributed by atoms with Crippen LogP contribution < -0.4 is 5.32 Å². The lowest BCUT2D eigenvalue weighted by Crippen LogP contribution is -2.13. The summed E-state index contributed by atoms with van der Waals surface area (Å²) in [5.74, 6) is 0.796. The Labute approximate surface area is 165 Å². The van der Waals surface area contributed by atoms with E-state index in [1.165, 1.54) is 16.9 Å². The third-order valence-corrected chi connectivity index (χ3v) is 5.60. The number of benzene rings is 2. The van der Waals surface area contributed by atoms with E-state index in [4.69, 9.17) is 11.6 Å². The number of carbonyl (C=O) groups is 1. The number of halogens is 1. The molecule has 7 heteroatoms. The first-order valence-corrected chi connectivity index (χ1v) is 10.1. The Morgan fingerprint density at radius 2 is 1.88 bits per heavy atom. The van der Waals surface area contributed by atoms with Crippen molar-refractivity contribution < 1.29 is 4.79 Å². The number of hydrogen-bond acceptors (Lipinski definition) is 6. The molecule has 0 aliphatic carbocycles. The number of thioether (sulfide) groups is 1. The summed E-state index contributed by atoms with van der Waals surface area (Å²) in [5, 5.41) is 12.5. The molecule has 0 radical (unpaired) electrons. The minimum Gasteiger partial charge on any atom is -0.353 e. The average molecular weight is 402 g/mol. The van der Waals surface area contributed by atoms with Crippen LogP contribution >= 0.6 is 34.7 Å². The zero-order chi connectivity index (χ0) is 18.2. The van der Waals surface area contributed by atoms with Gasteiger partial charge in [0, 0.05) is 16.3 Å². The van der Waals surface area contributed by atoms with E-state index in [0.29, 0.717) is 15.7 Å². The molecule has 1 heterocycles. The van der Waals surface area contributed by atoms with E-state index in [1.54, 1.807) is 36.0 Å². The minimum atomic E-state index is -0.0168. The van der Waals surface area contributed by atoms with Crippen LogP contribution in [0.4, 0.5) is 5.13 Å². The van der Waals surface area contributed by atoms with Crippen molar-refractivity contribution in [3.8, 4) is 0 Å². The highest BCUT2D eigenvalue weighted by Gasteiger charge is 2.08. The summed E-state index contributed by atoms with van der Waals surface area (Å²) in [7, 11) is 0. The van der Waals surface area contributed by atoms with Crippen LogP contribution in [-0.2, 0) is 0 Å². The predicted octanol–water partition coefficient (Wildman–Crippen LogP) is 5.29. The van der Waals surface area contributed by atoms with Gasteiger partial charge in [-0.15, -0.1) is 10.2 Å². The summed E-state index contributed by atoms with van der Waals surface area (Å²) in [4.78, 5) is 12.1. The number of rotatable bonds is 8. The second-order valence-electron chi connectivity index (χ2n) is 5.28. The smallest absolute Gasteiger partial charge is 0.206 e. The van der Waals surface area contributed by atoms with Crippen LogP contribution in [0.25, 0.3) is 6.08 Å². The molecular weight excluding hydrogens is 386 g/mol. The Bertz CT molecular complexity index is 879. The van der Waals surface area contributed by atoms with E-state index in [2.05, 4.69) is 39.8 Å². The van der Waals surface area contributed by atoms with E-state index in [-0.39, 0.29) is 12.3 Å². The summed E-state index contributed by atoms with van der Waals surface area (Å²) < 4.78 is 0.865. The maximum absolute atomic E-state index is 12.1. The molecular formula is C19H16ClN3OS2. The third-order valence-electron chi connectivity index (χ3n) is 3.39. The average Bonchev–Trinajstić information content (AvgIpc) is 3.12. The molecule has 0 spiro atoms. The monoisotopic (exact) mass is 401 g/mol. The molecule has 26 heavy (non-hydrogen) atoms. The Morgan fingerprint density at radius 1 is 1.12 bits per heavy atom. The van der Waals surface area contributed by atoms with Crippen molar-refractivity contribution >= 4 is 51.7 Å².